The van der Waals surface area contributed by atoms with Crippen LogP contribution < -0.4 is 0 Å². The molecule has 144 valence electrons. The van der Waals surface area contributed by atoms with Gasteiger partial charge in [-0.2, -0.15) is 0 Å². The highest BCUT2D eigenvalue weighted by molar-refractivity contribution is 5.92. The first kappa shape index (κ1) is 21.5. The summed E-state index contributed by atoms with van der Waals surface area (Å²) in [6.07, 6.45) is 9.77. The van der Waals surface area contributed by atoms with Crippen molar-refractivity contribution in [2.24, 2.45) is 5.92 Å². The molecule has 0 bridgehead atoms. The smallest absolute Gasteiger partial charge is 0.351 e. The fraction of sp³-hybridized carbons (Fsp3) is 0.842. The number of hydrogen-bond donors (Lipinski definition) is 0. The number of methoxy groups -OCH3 is 2. The third-order valence-corrected chi connectivity index (χ3v) is 4.92. The van der Waals surface area contributed by atoms with E-state index >= 15 is 0 Å². The van der Waals surface area contributed by atoms with Crippen LogP contribution in [0.15, 0.2) is 0 Å². The quantitative estimate of drug-likeness (QED) is 0.302. The lowest BCUT2D eigenvalue weighted by molar-refractivity contribution is -0.185. The summed E-state index contributed by atoms with van der Waals surface area (Å²) in [5.74, 6) is -2.48. The number of hydrogen-bond acceptors (Lipinski definition) is 6. The SMILES string of the molecule is CCCCCCCCCC[C@H](C(=O)OC)[C@]1(C(=O)OC)CCC(=O)O1. The van der Waals surface area contributed by atoms with E-state index in [1.807, 2.05) is 0 Å². The van der Waals surface area contributed by atoms with Gasteiger partial charge in [-0.05, 0) is 6.42 Å². The normalized spacial score (nSPS) is 20.8. The van der Waals surface area contributed by atoms with Gasteiger partial charge in [0.05, 0.1) is 14.2 Å². The van der Waals surface area contributed by atoms with Crippen molar-refractivity contribution >= 4 is 17.9 Å². The molecule has 0 aromatic heterocycles. The highest BCUT2D eigenvalue weighted by Gasteiger charge is 2.57. The second-order valence-corrected chi connectivity index (χ2v) is 6.69. The minimum atomic E-state index is -1.53. The summed E-state index contributed by atoms with van der Waals surface area (Å²) in [7, 11) is 2.52. The van der Waals surface area contributed by atoms with E-state index in [-0.39, 0.29) is 12.8 Å². The van der Waals surface area contributed by atoms with E-state index in [4.69, 9.17) is 14.2 Å². The molecule has 0 amide bonds. The molecule has 0 spiro atoms. The Balaban J connectivity index is 2.60. The highest BCUT2D eigenvalue weighted by Crippen LogP contribution is 2.38. The van der Waals surface area contributed by atoms with E-state index in [1.165, 1.54) is 46.3 Å². The van der Waals surface area contributed by atoms with E-state index in [1.54, 1.807) is 0 Å². The highest BCUT2D eigenvalue weighted by atomic mass is 16.6. The van der Waals surface area contributed by atoms with Crippen LogP contribution in [-0.4, -0.2) is 37.7 Å². The van der Waals surface area contributed by atoms with Crippen molar-refractivity contribution in [1.82, 2.24) is 0 Å². The molecular formula is C19H32O6. The predicted octanol–water partition coefficient (Wildman–Crippen LogP) is 3.56. The average Bonchev–Trinajstić information content (AvgIpc) is 3.01. The molecule has 6 heteroatoms. The van der Waals surface area contributed by atoms with Crippen LogP contribution in [0.25, 0.3) is 0 Å². The van der Waals surface area contributed by atoms with Crippen LogP contribution in [0, 0.1) is 5.92 Å². The van der Waals surface area contributed by atoms with Crippen molar-refractivity contribution in [1.29, 1.82) is 0 Å². The lowest BCUT2D eigenvalue weighted by atomic mass is 9.81. The standard InChI is InChI=1S/C19H32O6/c1-4-5-6-7-8-9-10-11-12-15(17(21)23-2)19(18(22)24-3)14-13-16(20)25-19/h15H,4-14H2,1-3H3/t15-,19+/m1/s1. The van der Waals surface area contributed by atoms with Gasteiger partial charge >= 0.3 is 17.9 Å². The lowest BCUT2D eigenvalue weighted by Gasteiger charge is -2.31. The first-order valence-electron chi connectivity index (χ1n) is 9.40. The van der Waals surface area contributed by atoms with Crippen LogP contribution in [0.1, 0.15) is 77.6 Å². The maximum absolute atomic E-state index is 12.3. The van der Waals surface area contributed by atoms with Gasteiger partial charge in [0, 0.05) is 12.8 Å². The first-order valence-corrected chi connectivity index (χ1v) is 9.40. The van der Waals surface area contributed by atoms with Crippen LogP contribution in [0.2, 0.25) is 0 Å². The maximum Gasteiger partial charge on any atom is 0.351 e. The molecule has 0 unspecified atom stereocenters. The van der Waals surface area contributed by atoms with E-state index in [2.05, 4.69) is 6.92 Å². The third kappa shape index (κ3) is 6.01. The summed E-state index contributed by atoms with van der Waals surface area (Å²) in [6, 6.07) is 0. The molecule has 0 N–H and O–H groups in total. The fourth-order valence-corrected chi connectivity index (χ4v) is 3.46. The van der Waals surface area contributed by atoms with E-state index < -0.39 is 29.4 Å². The Morgan fingerprint density at radius 2 is 1.64 bits per heavy atom. The molecular weight excluding hydrogens is 324 g/mol. The van der Waals surface area contributed by atoms with Crippen LogP contribution >= 0.6 is 0 Å². The molecule has 1 saturated heterocycles. The largest absolute Gasteiger partial charge is 0.469 e. The molecule has 6 nitrogen and oxygen atoms in total. The minimum absolute atomic E-state index is 0.111. The number of cyclic esters (lactones) is 1. The van der Waals surface area contributed by atoms with Crippen molar-refractivity contribution in [2.45, 2.75) is 83.2 Å². The topological polar surface area (TPSA) is 78.9 Å². The number of rotatable bonds is 12. The number of ether oxygens (including phenoxy) is 3. The molecule has 0 aromatic rings. The van der Waals surface area contributed by atoms with Gasteiger partial charge in [-0.1, -0.05) is 58.3 Å². The van der Waals surface area contributed by atoms with E-state index in [0.29, 0.717) is 6.42 Å². The van der Waals surface area contributed by atoms with Crippen molar-refractivity contribution in [3.05, 3.63) is 0 Å². The Kier molecular flexibility index (Phi) is 9.53. The molecule has 0 aromatic carbocycles. The van der Waals surface area contributed by atoms with Gasteiger partial charge in [0.25, 0.3) is 0 Å². The van der Waals surface area contributed by atoms with Crippen LogP contribution in [0.3, 0.4) is 0 Å². The Morgan fingerprint density at radius 3 is 2.12 bits per heavy atom. The van der Waals surface area contributed by atoms with Gasteiger partial charge in [-0.15, -0.1) is 0 Å². The van der Waals surface area contributed by atoms with E-state index in [0.717, 1.165) is 19.3 Å². The monoisotopic (exact) mass is 356 g/mol. The van der Waals surface area contributed by atoms with Crippen molar-refractivity contribution < 1.29 is 28.6 Å². The van der Waals surface area contributed by atoms with Gasteiger partial charge in [0.15, 0.2) is 0 Å². The molecule has 1 rings (SSSR count). The zero-order valence-corrected chi connectivity index (χ0v) is 15.8. The Bertz CT molecular complexity index is 447. The third-order valence-electron chi connectivity index (χ3n) is 4.92. The van der Waals surface area contributed by atoms with Crippen molar-refractivity contribution in [3.63, 3.8) is 0 Å². The van der Waals surface area contributed by atoms with Gasteiger partial charge in [0.2, 0.25) is 5.60 Å². The summed E-state index contributed by atoms with van der Waals surface area (Å²) in [6.45, 7) is 2.19. The molecule has 25 heavy (non-hydrogen) atoms. The molecule has 0 radical (unpaired) electrons. The molecule has 1 heterocycles. The molecule has 0 aliphatic carbocycles. The number of carbonyl (C=O) groups excluding carboxylic acids is 3. The van der Waals surface area contributed by atoms with Gasteiger partial charge in [-0.3, -0.25) is 9.59 Å². The van der Waals surface area contributed by atoms with Crippen LogP contribution in [0.4, 0.5) is 0 Å². The van der Waals surface area contributed by atoms with Crippen LogP contribution in [-0.2, 0) is 28.6 Å². The zero-order valence-electron chi connectivity index (χ0n) is 15.8. The molecule has 1 fully saturated rings. The van der Waals surface area contributed by atoms with Gasteiger partial charge < -0.3 is 14.2 Å². The first-order chi connectivity index (χ1) is 12.0. The number of esters is 3. The lowest BCUT2D eigenvalue weighted by Crippen LogP contribution is -2.50. The number of carbonyl (C=O) groups is 3. The second kappa shape index (κ2) is 11.1. The molecule has 0 saturated carbocycles. The summed E-state index contributed by atoms with van der Waals surface area (Å²) < 4.78 is 15.0. The second-order valence-electron chi connectivity index (χ2n) is 6.69. The zero-order chi connectivity index (χ0) is 18.7. The van der Waals surface area contributed by atoms with Gasteiger partial charge in [-0.25, -0.2) is 4.79 Å². The van der Waals surface area contributed by atoms with Crippen molar-refractivity contribution in [2.75, 3.05) is 14.2 Å². The van der Waals surface area contributed by atoms with Gasteiger partial charge in [0.1, 0.15) is 5.92 Å². The summed E-state index contributed by atoms with van der Waals surface area (Å²) in [5.41, 5.74) is -1.53. The fourth-order valence-electron chi connectivity index (χ4n) is 3.46. The van der Waals surface area contributed by atoms with Crippen LogP contribution in [0.5, 0.6) is 0 Å². The Labute approximate surface area is 150 Å². The molecule has 1 aliphatic rings. The van der Waals surface area contributed by atoms with Crippen molar-refractivity contribution in [3.8, 4) is 0 Å². The minimum Gasteiger partial charge on any atom is -0.469 e. The molecule has 1 aliphatic heterocycles. The summed E-state index contributed by atoms with van der Waals surface area (Å²) in [4.78, 5) is 36.1. The summed E-state index contributed by atoms with van der Waals surface area (Å²) in [5, 5.41) is 0. The maximum atomic E-state index is 12.3. The molecule has 2 atom stereocenters. The average molecular weight is 356 g/mol. The summed E-state index contributed by atoms with van der Waals surface area (Å²) >= 11 is 0. The van der Waals surface area contributed by atoms with E-state index in [9.17, 15) is 14.4 Å². The predicted molar refractivity (Wildman–Crippen MR) is 92.8 cm³/mol. The Morgan fingerprint density at radius 1 is 1.04 bits per heavy atom. The number of unbranched alkanes of at least 4 members (excludes halogenated alkanes) is 7. The Hall–Kier alpha value is -1.59.